The fourth-order valence-electron chi connectivity index (χ4n) is 5.18. The van der Waals surface area contributed by atoms with E-state index in [0.29, 0.717) is 53.2 Å². The van der Waals surface area contributed by atoms with Gasteiger partial charge in [0.1, 0.15) is 17.4 Å². The second-order valence-electron chi connectivity index (χ2n) is 10.6. The molecular weight excluding hydrogens is 528 g/mol. The topological polar surface area (TPSA) is 103 Å². The maximum atomic E-state index is 13.6. The third-order valence-corrected chi connectivity index (χ3v) is 7.35. The van der Waals surface area contributed by atoms with Gasteiger partial charge in [-0.2, -0.15) is 5.10 Å². The molecule has 3 aromatic carbocycles. The highest BCUT2D eigenvalue weighted by molar-refractivity contribution is 6.10. The van der Waals surface area contributed by atoms with E-state index in [0.717, 1.165) is 24.5 Å². The summed E-state index contributed by atoms with van der Waals surface area (Å²) in [5, 5.41) is 24.0. The molecule has 2 saturated heterocycles. The highest BCUT2D eigenvalue weighted by Crippen LogP contribution is 2.28. The lowest BCUT2D eigenvalue weighted by Gasteiger charge is -2.25. The Morgan fingerprint density at radius 1 is 1.02 bits per heavy atom. The summed E-state index contributed by atoms with van der Waals surface area (Å²) in [5.41, 5.74) is 2.93. The number of fused-ring (bicyclic) bond motifs is 1. The number of benzene rings is 3. The molecule has 0 unspecified atom stereocenters. The van der Waals surface area contributed by atoms with E-state index >= 15 is 0 Å². The summed E-state index contributed by atoms with van der Waals surface area (Å²) in [6, 6.07) is 13.6. The summed E-state index contributed by atoms with van der Waals surface area (Å²) in [6.07, 6.45) is 4.75. The molecule has 8 nitrogen and oxygen atoms in total. The number of hydrogen-bond donors (Lipinski definition) is 4. The van der Waals surface area contributed by atoms with Crippen LogP contribution in [-0.2, 0) is 11.2 Å². The van der Waals surface area contributed by atoms with Crippen LogP contribution in [0.2, 0.25) is 0 Å². The van der Waals surface area contributed by atoms with Crippen molar-refractivity contribution < 1.29 is 23.4 Å². The van der Waals surface area contributed by atoms with Crippen LogP contribution in [0.5, 0.6) is 5.75 Å². The monoisotopic (exact) mass is 563 g/mol. The Bertz CT molecular complexity index is 1480. The summed E-state index contributed by atoms with van der Waals surface area (Å²) in [4.78, 5) is 15.5. The average molecular weight is 564 g/mol. The molecule has 0 radical (unpaired) electrons. The summed E-state index contributed by atoms with van der Waals surface area (Å²) in [7, 11) is 2.17. The number of likely N-dealkylation sites (tertiary alicyclic amines) is 1. The van der Waals surface area contributed by atoms with Crippen molar-refractivity contribution in [3.05, 3.63) is 82.9 Å². The van der Waals surface area contributed by atoms with Crippen LogP contribution in [-0.4, -0.2) is 65.5 Å². The Kier molecular flexibility index (Phi) is 9.11. The Morgan fingerprint density at radius 3 is 2.44 bits per heavy atom. The molecule has 4 N–H and O–H groups in total. The minimum Gasteiger partial charge on any atom is -0.508 e. The van der Waals surface area contributed by atoms with E-state index in [-0.39, 0.29) is 17.7 Å². The van der Waals surface area contributed by atoms with Crippen LogP contribution in [0.15, 0.2) is 54.6 Å². The number of aromatic hydroxyl groups is 1. The van der Waals surface area contributed by atoms with Gasteiger partial charge in [0.05, 0.1) is 16.8 Å². The number of halogens is 2. The first-order chi connectivity index (χ1) is 19.8. The van der Waals surface area contributed by atoms with Gasteiger partial charge in [0, 0.05) is 36.8 Å². The van der Waals surface area contributed by atoms with Gasteiger partial charge in [-0.15, -0.1) is 0 Å². The SMILES string of the molecule is CN1CCCC1.O=C(Nc1n[nH]c2ccc(Cc3cc(F)cc(F)c3)cc12)c1ccc(O)cc1NC1CCOCC1. The van der Waals surface area contributed by atoms with Gasteiger partial charge >= 0.3 is 0 Å². The molecule has 2 aliphatic rings. The molecular formula is C31H35F2N5O3. The van der Waals surface area contributed by atoms with E-state index in [1.165, 1.54) is 50.2 Å². The van der Waals surface area contributed by atoms with Crippen molar-refractivity contribution in [1.29, 1.82) is 0 Å². The minimum atomic E-state index is -0.628. The number of phenols is 1. The maximum Gasteiger partial charge on any atom is 0.258 e. The first kappa shape index (κ1) is 28.5. The van der Waals surface area contributed by atoms with E-state index in [1.54, 1.807) is 6.07 Å². The van der Waals surface area contributed by atoms with Gasteiger partial charge in [-0.1, -0.05) is 6.07 Å². The Balaban J connectivity index is 0.000000500. The standard InChI is InChI=1S/C26H24F2N4O3.C5H11N/c27-17-10-16(11-18(28)13-17)9-15-1-4-23-22(12-15)25(32-31-23)30-26(34)21-3-2-20(33)14-24(21)29-19-5-7-35-8-6-19;1-6-4-2-3-5-6/h1-4,10-14,19,29,33H,5-9H2,(H2,30,31,32,34);2-5H2,1H3. The van der Waals surface area contributed by atoms with Crippen LogP contribution in [0.25, 0.3) is 10.9 Å². The normalized spacial score (nSPS) is 15.9. The number of carbonyl (C=O) groups is 1. The van der Waals surface area contributed by atoms with Gasteiger partial charge in [0.25, 0.3) is 5.91 Å². The first-order valence-electron chi connectivity index (χ1n) is 13.9. The smallest absolute Gasteiger partial charge is 0.258 e. The van der Waals surface area contributed by atoms with Crippen LogP contribution in [0, 0.1) is 11.6 Å². The summed E-state index contributed by atoms with van der Waals surface area (Å²) >= 11 is 0. The molecule has 216 valence electrons. The highest BCUT2D eigenvalue weighted by Gasteiger charge is 2.20. The number of H-pyrrole nitrogens is 1. The molecule has 1 aromatic heterocycles. The van der Waals surface area contributed by atoms with Crippen molar-refractivity contribution in [2.75, 3.05) is 44.0 Å². The number of ether oxygens (including phenoxy) is 1. The van der Waals surface area contributed by atoms with Crippen LogP contribution in [0.1, 0.15) is 47.2 Å². The van der Waals surface area contributed by atoms with Crippen LogP contribution in [0.4, 0.5) is 20.3 Å². The van der Waals surface area contributed by atoms with Crippen molar-refractivity contribution in [3.8, 4) is 5.75 Å². The summed E-state index contributed by atoms with van der Waals surface area (Å²) in [5.74, 6) is -1.25. The van der Waals surface area contributed by atoms with Crippen molar-refractivity contribution in [2.24, 2.45) is 0 Å². The lowest BCUT2D eigenvalue weighted by Crippen LogP contribution is -2.29. The number of hydrogen-bond acceptors (Lipinski definition) is 6. The largest absolute Gasteiger partial charge is 0.508 e. The molecule has 0 bridgehead atoms. The molecule has 1 amide bonds. The molecule has 4 aromatic rings. The molecule has 6 rings (SSSR count). The second kappa shape index (κ2) is 13.1. The highest BCUT2D eigenvalue weighted by atomic mass is 19.1. The van der Waals surface area contributed by atoms with E-state index in [9.17, 15) is 18.7 Å². The van der Waals surface area contributed by atoms with Gasteiger partial charge < -0.3 is 25.4 Å². The number of amides is 1. The molecule has 0 saturated carbocycles. The third-order valence-electron chi connectivity index (χ3n) is 7.35. The minimum absolute atomic E-state index is 0.0553. The lowest BCUT2D eigenvalue weighted by molar-refractivity contribution is 0.0904. The predicted molar refractivity (Wildman–Crippen MR) is 156 cm³/mol. The van der Waals surface area contributed by atoms with Crippen molar-refractivity contribution in [3.63, 3.8) is 0 Å². The van der Waals surface area contributed by atoms with Gasteiger partial charge in [0.15, 0.2) is 5.82 Å². The second-order valence-corrected chi connectivity index (χ2v) is 10.6. The Labute approximate surface area is 237 Å². The van der Waals surface area contributed by atoms with E-state index in [1.807, 2.05) is 18.2 Å². The van der Waals surface area contributed by atoms with E-state index in [2.05, 4.69) is 32.8 Å². The summed E-state index contributed by atoms with van der Waals surface area (Å²) in [6.45, 7) is 3.92. The first-order valence-corrected chi connectivity index (χ1v) is 13.9. The molecule has 3 heterocycles. The fraction of sp³-hybridized carbons (Fsp3) is 0.355. The molecule has 0 atom stereocenters. The zero-order chi connectivity index (χ0) is 28.8. The number of nitrogens with one attached hydrogen (secondary N) is 3. The zero-order valence-corrected chi connectivity index (χ0v) is 23.1. The molecule has 0 spiro atoms. The van der Waals surface area contributed by atoms with Crippen molar-refractivity contribution in [1.82, 2.24) is 15.1 Å². The Morgan fingerprint density at radius 2 is 1.76 bits per heavy atom. The van der Waals surface area contributed by atoms with E-state index in [4.69, 9.17) is 4.74 Å². The number of rotatable bonds is 6. The fourth-order valence-corrected chi connectivity index (χ4v) is 5.18. The molecule has 2 aliphatic heterocycles. The summed E-state index contributed by atoms with van der Waals surface area (Å²) < 4.78 is 32.5. The van der Waals surface area contributed by atoms with Gasteiger partial charge in [0.2, 0.25) is 0 Å². The molecule has 2 fully saturated rings. The van der Waals surface area contributed by atoms with Gasteiger partial charge in [-0.3, -0.25) is 9.89 Å². The van der Waals surface area contributed by atoms with Crippen LogP contribution in [0.3, 0.4) is 0 Å². The van der Waals surface area contributed by atoms with E-state index < -0.39 is 11.6 Å². The number of nitrogens with zero attached hydrogens (tertiary/aromatic N) is 2. The zero-order valence-electron chi connectivity index (χ0n) is 23.1. The number of aromatic nitrogens is 2. The Hall–Kier alpha value is -4.02. The van der Waals surface area contributed by atoms with Crippen molar-refractivity contribution >= 4 is 28.3 Å². The number of anilines is 2. The molecule has 10 heteroatoms. The lowest BCUT2D eigenvalue weighted by atomic mass is 10.0. The number of phenolic OH excluding ortho intramolecular Hbond substituents is 1. The number of aromatic amines is 1. The third kappa shape index (κ3) is 7.59. The van der Waals surface area contributed by atoms with Crippen LogP contribution < -0.4 is 10.6 Å². The number of carbonyl (C=O) groups excluding carboxylic acids is 1. The molecule has 41 heavy (non-hydrogen) atoms. The van der Waals surface area contributed by atoms with Crippen molar-refractivity contribution in [2.45, 2.75) is 38.1 Å². The molecule has 0 aliphatic carbocycles. The van der Waals surface area contributed by atoms with Crippen LogP contribution >= 0.6 is 0 Å². The van der Waals surface area contributed by atoms with Gasteiger partial charge in [-0.25, -0.2) is 8.78 Å². The average Bonchev–Trinajstić information content (AvgIpc) is 3.58. The maximum absolute atomic E-state index is 13.6. The van der Waals surface area contributed by atoms with Gasteiger partial charge in [-0.05, 0) is 99.8 Å². The predicted octanol–water partition coefficient (Wildman–Crippen LogP) is 5.69. The quantitative estimate of drug-likeness (QED) is 0.240.